The number of benzene rings is 6. The zero-order chi connectivity index (χ0) is 30.3. The summed E-state index contributed by atoms with van der Waals surface area (Å²) in [7, 11) is 0. The van der Waals surface area contributed by atoms with Crippen molar-refractivity contribution >= 4 is 55.4 Å². The molecule has 214 valence electrons. The van der Waals surface area contributed by atoms with Crippen LogP contribution in [0.1, 0.15) is 49.1 Å². The summed E-state index contributed by atoms with van der Waals surface area (Å²) in [5.74, 6) is 8.03. The lowest BCUT2D eigenvalue weighted by Gasteiger charge is -2.24. The summed E-state index contributed by atoms with van der Waals surface area (Å²) in [5, 5.41) is 18.7. The summed E-state index contributed by atoms with van der Waals surface area (Å²) >= 11 is 0. The molecule has 0 radical (unpaired) electrons. The smallest absolute Gasteiger partial charge is 0.134 e. The van der Waals surface area contributed by atoms with Crippen LogP contribution in [0.4, 0.5) is 0 Å². The molecule has 0 saturated carbocycles. The molecular formula is C43H30O2. The predicted octanol–water partition coefficient (Wildman–Crippen LogP) is 11.4. The number of hydrogen-bond acceptors (Lipinski definition) is 2. The van der Waals surface area contributed by atoms with Gasteiger partial charge in [0, 0.05) is 33.7 Å². The molecule has 0 atom stereocenters. The van der Waals surface area contributed by atoms with Gasteiger partial charge < -0.3 is 9.52 Å². The van der Waals surface area contributed by atoms with E-state index < -0.39 is 0 Å². The fourth-order valence-corrected chi connectivity index (χ4v) is 7.57. The van der Waals surface area contributed by atoms with Gasteiger partial charge in [-0.2, -0.15) is 0 Å². The quantitative estimate of drug-likeness (QED) is 0.163. The summed E-state index contributed by atoms with van der Waals surface area (Å²) in [6, 6.07) is 32.2. The van der Waals surface area contributed by atoms with Gasteiger partial charge in [-0.1, -0.05) is 117 Å². The van der Waals surface area contributed by atoms with Gasteiger partial charge in [-0.25, -0.2) is 0 Å². The SMILES string of the molecule is CC1(C)CC=Cc2c1oc1ccc(-c3c4ccccc4c(-c4cc5cccc(O)c5c5c4C=CCC#C5)c4ccccc34)cc21. The Bertz CT molecular complexity index is 2470. The van der Waals surface area contributed by atoms with Crippen molar-refractivity contribution in [1.29, 1.82) is 0 Å². The highest BCUT2D eigenvalue weighted by atomic mass is 16.3. The molecule has 0 bridgehead atoms. The van der Waals surface area contributed by atoms with E-state index in [1.54, 1.807) is 6.07 Å². The highest BCUT2D eigenvalue weighted by Crippen LogP contribution is 2.48. The lowest BCUT2D eigenvalue weighted by molar-refractivity contribution is 0.400. The largest absolute Gasteiger partial charge is 0.507 e. The maximum atomic E-state index is 10.9. The Labute approximate surface area is 261 Å². The Morgan fingerprint density at radius 3 is 2.18 bits per heavy atom. The van der Waals surface area contributed by atoms with E-state index in [9.17, 15) is 5.11 Å². The van der Waals surface area contributed by atoms with Gasteiger partial charge in [0.1, 0.15) is 17.1 Å². The molecule has 0 amide bonds. The Morgan fingerprint density at radius 2 is 1.42 bits per heavy atom. The van der Waals surface area contributed by atoms with E-state index in [2.05, 4.69) is 129 Å². The fraction of sp³-hybridized carbons (Fsp3) is 0.116. The molecule has 2 aliphatic rings. The average molecular weight is 579 g/mol. The van der Waals surface area contributed by atoms with Crippen LogP contribution in [0.25, 0.3) is 77.7 Å². The molecule has 2 heteroatoms. The number of hydrogen-bond donors (Lipinski definition) is 1. The predicted molar refractivity (Wildman–Crippen MR) is 188 cm³/mol. The lowest BCUT2D eigenvalue weighted by Crippen LogP contribution is -2.18. The van der Waals surface area contributed by atoms with Gasteiger partial charge in [0.25, 0.3) is 0 Å². The third-order valence-electron chi connectivity index (χ3n) is 9.65. The first-order valence-corrected chi connectivity index (χ1v) is 15.6. The second kappa shape index (κ2) is 9.49. The number of fused-ring (bicyclic) bond motifs is 8. The Hall–Kier alpha value is -5.52. The van der Waals surface area contributed by atoms with Crippen LogP contribution in [-0.4, -0.2) is 5.11 Å². The minimum absolute atomic E-state index is 0.0300. The summed E-state index contributed by atoms with van der Waals surface area (Å²) < 4.78 is 6.47. The molecule has 0 saturated heterocycles. The molecular weight excluding hydrogens is 548 g/mol. The van der Waals surface area contributed by atoms with Crippen molar-refractivity contribution in [3.05, 3.63) is 126 Å². The Kier molecular flexibility index (Phi) is 5.47. The number of phenolic OH excluding ortho intramolecular Hbond substituents is 1. The fourth-order valence-electron chi connectivity index (χ4n) is 7.57. The molecule has 2 aliphatic carbocycles. The zero-order valence-corrected chi connectivity index (χ0v) is 25.2. The maximum absolute atomic E-state index is 10.9. The number of rotatable bonds is 2. The van der Waals surface area contributed by atoms with Crippen molar-refractivity contribution in [3.63, 3.8) is 0 Å². The van der Waals surface area contributed by atoms with Gasteiger partial charge in [-0.15, -0.1) is 0 Å². The van der Waals surface area contributed by atoms with E-state index in [1.165, 1.54) is 43.8 Å². The molecule has 0 fully saturated rings. The first-order valence-electron chi connectivity index (χ1n) is 15.6. The molecule has 9 rings (SSSR count). The van der Waals surface area contributed by atoms with Crippen molar-refractivity contribution in [2.24, 2.45) is 0 Å². The monoisotopic (exact) mass is 578 g/mol. The number of phenols is 1. The van der Waals surface area contributed by atoms with Crippen molar-refractivity contribution in [2.75, 3.05) is 0 Å². The maximum Gasteiger partial charge on any atom is 0.134 e. The third-order valence-corrected chi connectivity index (χ3v) is 9.65. The van der Waals surface area contributed by atoms with Crippen LogP contribution in [0.3, 0.4) is 0 Å². The van der Waals surface area contributed by atoms with Crippen LogP contribution in [0.15, 0.2) is 108 Å². The molecule has 1 N–H and O–H groups in total. The highest BCUT2D eigenvalue weighted by molar-refractivity contribution is 6.23. The molecule has 7 aromatic rings. The third kappa shape index (κ3) is 3.77. The molecule has 45 heavy (non-hydrogen) atoms. The lowest BCUT2D eigenvalue weighted by atomic mass is 9.80. The number of allylic oxidation sites excluding steroid dienone is 2. The topological polar surface area (TPSA) is 33.4 Å². The van der Waals surface area contributed by atoms with Gasteiger partial charge in [0.15, 0.2) is 0 Å². The molecule has 1 heterocycles. The van der Waals surface area contributed by atoms with E-state index in [1.807, 2.05) is 6.07 Å². The van der Waals surface area contributed by atoms with Crippen LogP contribution in [-0.2, 0) is 5.41 Å². The van der Waals surface area contributed by atoms with Crippen LogP contribution in [0.5, 0.6) is 5.75 Å². The molecule has 6 aromatic carbocycles. The highest BCUT2D eigenvalue weighted by Gasteiger charge is 2.30. The minimum atomic E-state index is -0.0300. The van der Waals surface area contributed by atoms with Crippen LogP contribution < -0.4 is 0 Å². The molecule has 0 unspecified atom stereocenters. The van der Waals surface area contributed by atoms with E-state index >= 15 is 0 Å². The van der Waals surface area contributed by atoms with Gasteiger partial charge in [-0.3, -0.25) is 0 Å². The van der Waals surface area contributed by atoms with Crippen LogP contribution in [0, 0.1) is 11.8 Å². The Morgan fingerprint density at radius 1 is 0.711 bits per heavy atom. The van der Waals surface area contributed by atoms with Crippen molar-refractivity contribution in [3.8, 4) is 39.8 Å². The average Bonchev–Trinajstić information content (AvgIpc) is 3.25. The summed E-state index contributed by atoms with van der Waals surface area (Å²) in [6.07, 6.45) is 10.5. The zero-order valence-electron chi connectivity index (χ0n) is 25.2. The molecule has 2 nitrogen and oxygen atoms in total. The summed E-state index contributed by atoms with van der Waals surface area (Å²) in [4.78, 5) is 0. The first kappa shape index (κ1) is 25.9. The normalized spacial score (nSPS) is 14.8. The van der Waals surface area contributed by atoms with Crippen molar-refractivity contribution in [2.45, 2.75) is 32.1 Å². The summed E-state index contributed by atoms with van der Waals surface area (Å²) in [6.45, 7) is 4.52. The van der Waals surface area contributed by atoms with Crippen molar-refractivity contribution in [1.82, 2.24) is 0 Å². The first-order chi connectivity index (χ1) is 22.0. The summed E-state index contributed by atoms with van der Waals surface area (Å²) in [5.41, 5.74) is 8.75. The number of furan rings is 1. The standard InChI is InChI=1S/C43H30O2/c1-43(2)23-11-19-34-35-24-27(21-22-38(35)45-42(34)43)39-30-15-6-8-17-32(30)41(33-18-9-7-16-31(33)39)36-25-26-12-10-20-37(44)40(26)29-14-5-3-4-13-28(29)36/h4,6-13,15-22,24-25,44H,3,23H2,1-2H3. The Balaban J connectivity index is 1.40. The minimum Gasteiger partial charge on any atom is -0.507 e. The van der Waals surface area contributed by atoms with E-state index in [-0.39, 0.29) is 11.2 Å². The van der Waals surface area contributed by atoms with Gasteiger partial charge >= 0.3 is 0 Å². The second-order valence-corrected chi connectivity index (χ2v) is 12.9. The van der Waals surface area contributed by atoms with E-state index in [0.717, 1.165) is 50.6 Å². The molecule has 0 spiro atoms. The van der Waals surface area contributed by atoms with E-state index in [4.69, 9.17) is 4.42 Å². The second-order valence-electron chi connectivity index (χ2n) is 12.9. The van der Waals surface area contributed by atoms with Crippen LogP contribution >= 0.6 is 0 Å². The molecule has 1 aromatic heterocycles. The van der Waals surface area contributed by atoms with Crippen molar-refractivity contribution < 1.29 is 9.52 Å². The van der Waals surface area contributed by atoms with Gasteiger partial charge in [0.05, 0.1) is 0 Å². The van der Waals surface area contributed by atoms with E-state index in [0.29, 0.717) is 6.42 Å². The van der Waals surface area contributed by atoms with Gasteiger partial charge in [-0.05, 0) is 85.4 Å². The van der Waals surface area contributed by atoms with Gasteiger partial charge in [0.2, 0.25) is 0 Å². The molecule has 0 aliphatic heterocycles. The number of aromatic hydroxyl groups is 1. The van der Waals surface area contributed by atoms with Crippen LogP contribution in [0.2, 0.25) is 0 Å².